The number of hydrogen-bond donors (Lipinski definition) is 1. The highest BCUT2D eigenvalue weighted by Crippen LogP contribution is 2.15. The van der Waals surface area contributed by atoms with E-state index in [2.05, 4.69) is 34.1 Å². The van der Waals surface area contributed by atoms with Gasteiger partial charge >= 0.3 is 0 Å². The Balaban J connectivity index is 1.48. The van der Waals surface area contributed by atoms with Crippen LogP contribution in [0.3, 0.4) is 0 Å². The van der Waals surface area contributed by atoms with Crippen LogP contribution in [0.2, 0.25) is 0 Å². The quantitative estimate of drug-likeness (QED) is 0.681. The Kier molecular flexibility index (Phi) is 6.57. The molecule has 0 spiro atoms. The zero-order valence-electron chi connectivity index (χ0n) is 12.9. The van der Waals surface area contributed by atoms with E-state index in [0.717, 1.165) is 5.92 Å². The smallest absolute Gasteiger partial charge is 0.0107 e. The topological polar surface area (TPSA) is 21.8 Å². The third kappa shape index (κ3) is 5.78. The first-order chi connectivity index (χ1) is 9.24. The summed E-state index contributed by atoms with van der Waals surface area (Å²) >= 11 is 0. The van der Waals surface area contributed by atoms with Crippen molar-refractivity contribution in [2.24, 2.45) is 5.92 Å². The molecule has 0 aromatic heterocycles. The van der Waals surface area contributed by atoms with Crippen molar-refractivity contribution in [2.75, 3.05) is 73.0 Å². The minimum atomic E-state index is 0.906. The molecule has 2 rings (SSSR count). The average Bonchev–Trinajstić information content (AvgIpc) is 2.81. The van der Waals surface area contributed by atoms with Gasteiger partial charge in [0.25, 0.3) is 0 Å². The molecule has 112 valence electrons. The van der Waals surface area contributed by atoms with Gasteiger partial charge in [0, 0.05) is 39.3 Å². The molecule has 0 aromatic rings. The predicted molar refractivity (Wildman–Crippen MR) is 81.6 cm³/mol. The molecule has 4 heteroatoms. The number of unbranched alkanes of at least 4 members (excludes halogenated alkanes) is 1. The van der Waals surface area contributed by atoms with Gasteiger partial charge in [-0.05, 0) is 58.9 Å². The number of nitrogens with one attached hydrogen (secondary N) is 1. The van der Waals surface area contributed by atoms with Gasteiger partial charge < -0.3 is 20.0 Å². The normalized spacial score (nSPS) is 26.4. The SMILES string of the molecule is CN(CCCCN1CCNCC1)CC1CCN(C)C1. The molecule has 2 fully saturated rings. The Labute approximate surface area is 119 Å². The third-order valence-corrected chi connectivity index (χ3v) is 4.53. The Bertz CT molecular complexity index is 240. The maximum Gasteiger partial charge on any atom is 0.0107 e. The number of likely N-dealkylation sites (tertiary alicyclic amines) is 1. The van der Waals surface area contributed by atoms with Gasteiger partial charge in [-0.3, -0.25) is 0 Å². The summed E-state index contributed by atoms with van der Waals surface area (Å²) < 4.78 is 0. The van der Waals surface area contributed by atoms with Gasteiger partial charge in [0.1, 0.15) is 0 Å². The van der Waals surface area contributed by atoms with E-state index in [-0.39, 0.29) is 0 Å². The van der Waals surface area contributed by atoms with E-state index in [1.165, 1.54) is 78.2 Å². The first-order valence-electron chi connectivity index (χ1n) is 8.04. The second-order valence-corrected chi connectivity index (χ2v) is 6.48. The Morgan fingerprint density at radius 1 is 1.16 bits per heavy atom. The van der Waals surface area contributed by atoms with Gasteiger partial charge in [-0.1, -0.05) is 0 Å². The fourth-order valence-electron chi connectivity index (χ4n) is 3.36. The fourth-order valence-corrected chi connectivity index (χ4v) is 3.36. The summed E-state index contributed by atoms with van der Waals surface area (Å²) in [4.78, 5) is 7.60. The summed E-state index contributed by atoms with van der Waals surface area (Å²) in [6.45, 7) is 11.3. The van der Waals surface area contributed by atoms with Gasteiger partial charge in [0.2, 0.25) is 0 Å². The van der Waals surface area contributed by atoms with Gasteiger partial charge in [-0.2, -0.15) is 0 Å². The Morgan fingerprint density at radius 3 is 2.63 bits per heavy atom. The van der Waals surface area contributed by atoms with Crippen molar-refractivity contribution >= 4 is 0 Å². The molecular weight excluding hydrogens is 236 g/mol. The number of rotatable bonds is 7. The summed E-state index contributed by atoms with van der Waals surface area (Å²) in [5.41, 5.74) is 0. The molecule has 0 aliphatic carbocycles. The van der Waals surface area contributed by atoms with E-state index in [1.54, 1.807) is 0 Å². The molecule has 2 saturated heterocycles. The third-order valence-electron chi connectivity index (χ3n) is 4.53. The standard InChI is InChI=1S/C15H32N4/c1-17(13-15-5-10-18(2)14-15)8-3-4-9-19-11-6-16-7-12-19/h15-16H,3-14H2,1-2H3. The fraction of sp³-hybridized carbons (Fsp3) is 1.00. The number of nitrogens with zero attached hydrogens (tertiary/aromatic N) is 3. The van der Waals surface area contributed by atoms with Gasteiger partial charge in [0.15, 0.2) is 0 Å². The maximum absolute atomic E-state index is 3.41. The molecule has 1 atom stereocenters. The van der Waals surface area contributed by atoms with Crippen LogP contribution in [0.5, 0.6) is 0 Å². The van der Waals surface area contributed by atoms with Crippen LogP contribution < -0.4 is 5.32 Å². The van der Waals surface area contributed by atoms with Crippen LogP contribution in [0.1, 0.15) is 19.3 Å². The van der Waals surface area contributed by atoms with Crippen LogP contribution in [0.15, 0.2) is 0 Å². The van der Waals surface area contributed by atoms with E-state index in [1.807, 2.05) is 0 Å². The summed E-state index contributed by atoms with van der Waals surface area (Å²) in [7, 11) is 4.54. The van der Waals surface area contributed by atoms with E-state index in [9.17, 15) is 0 Å². The summed E-state index contributed by atoms with van der Waals surface area (Å²) in [5, 5.41) is 3.41. The lowest BCUT2D eigenvalue weighted by Crippen LogP contribution is -2.43. The lowest BCUT2D eigenvalue weighted by molar-refractivity contribution is 0.224. The first-order valence-corrected chi connectivity index (χ1v) is 8.04. The lowest BCUT2D eigenvalue weighted by Gasteiger charge is -2.27. The van der Waals surface area contributed by atoms with E-state index in [4.69, 9.17) is 0 Å². The van der Waals surface area contributed by atoms with E-state index >= 15 is 0 Å². The van der Waals surface area contributed by atoms with Crippen molar-refractivity contribution < 1.29 is 0 Å². The summed E-state index contributed by atoms with van der Waals surface area (Å²) in [6.07, 6.45) is 4.10. The summed E-state index contributed by atoms with van der Waals surface area (Å²) in [5.74, 6) is 0.906. The lowest BCUT2D eigenvalue weighted by atomic mass is 10.1. The highest BCUT2D eigenvalue weighted by atomic mass is 15.2. The minimum absolute atomic E-state index is 0.906. The molecule has 0 aromatic carbocycles. The van der Waals surface area contributed by atoms with Crippen molar-refractivity contribution in [1.29, 1.82) is 0 Å². The molecule has 2 heterocycles. The summed E-state index contributed by atoms with van der Waals surface area (Å²) in [6, 6.07) is 0. The van der Waals surface area contributed by atoms with Crippen molar-refractivity contribution in [2.45, 2.75) is 19.3 Å². The molecular formula is C15H32N4. The van der Waals surface area contributed by atoms with Crippen LogP contribution in [-0.4, -0.2) is 87.7 Å². The molecule has 4 nitrogen and oxygen atoms in total. The van der Waals surface area contributed by atoms with Crippen molar-refractivity contribution in [3.8, 4) is 0 Å². The maximum atomic E-state index is 3.41. The molecule has 1 N–H and O–H groups in total. The zero-order chi connectivity index (χ0) is 13.5. The van der Waals surface area contributed by atoms with Crippen LogP contribution in [0.4, 0.5) is 0 Å². The molecule has 0 bridgehead atoms. The average molecular weight is 268 g/mol. The predicted octanol–water partition coefficient (Wildman–Crippen LogP) is 0.555. The molecule has 2 aliphatic heterocycles. The van der Waals surface area contributed by atoms with Crippen LogP contribution in [0.25, 0.3) is 0 Å². The molecule has 2 aliphatic rings. The van der Waals surface area contributed by atoms with Gasteiger partial charge in [-0.25, -0.2) is 0 Å². The monoisotopic (exact) mass is 268 g/mol. The zero-order valence-corrected chi connectivity index (χ0v) is 12.9. The van der Waals surface area contributed by atoms with Crippen molar-refractivity contribution in [1.82, 2.24) is 20.0 Å². The second kappa shape index (κ2) is 8.20. The molecule has 1 unspecified atom stereocenters. The van der Waals surface area contributed by atoms with Gasteiger partial charge in [0.05, 0.1) is 0 Å². The Morgan fingerprint density at radius 2 is 1.95 bits per heavy atom. The van der Waals surface area contributed by atoms with Gasteiger partial charge in [-0.15, -0.1) is 0 Å². The van der Waals surface area contributed by atoms with Crippen molar-refractivity contribution in [3.63, 3.8) is 0 Å². The van der Waals surface area contributed by atoms with Crippen LogP contribution in [-0.2, 0) is 0 Å². The number of hydrogen-bond acceptors (Lipinski definition) is 4. The molecule has 0 amide bonds. The molecule has 0 saturated carbocycles. The Hall–Kier alpha value is -0.160. The minimum Gasteiger partial charge on any atom is -0.314 e. The highest BCUT2D eigenvalue weighted by Gasteiger charge is 2.20. The van der Waals surface area contributed by atoms with Crippen LogP contribution in [0, 0.1) is 5.92 Å². The van der Waals surface area contributed by atoms with Crippen LogP contribution >= 0.6 is 0 Å². The van der Waals surface area contributed by atoms with Crippen molar-refractivity contribution in [3.05, 3.63) is 0 Å². The first kappa shape index (κ1) is 15.2. The molecule has 19 heavy (non-hydrogen) atoms. The molecule has 0 radical (unpaired) electrons. The number of piperazine rings is 1. The second-order valence-electron chi connectivity index (χ2n) is 6.48. The highest BCUT2D eigenvalue weighted by molar-refractivity contribution is 4.75. The largest absolute Gasteiger partial charge is 0.314 e. The van der Waals surface area contributed by atoms with E-state index < -0.39 is 0 Å². The van der Waals surface area contributed by atoms with E-state index in [0.29, 0.717) is 0 Å².